The van der Waals surface area contributed by atoms with Gasteiger partial charge in [0.25, 0.3) is 0 Å². The largest absolute Gasteiger partial charge is 0.459 e. The van der Waals surface area contributed by atoms with Gasteiger partial charge in [0.1, 0.15) is 6.61 Å². The second-order valence-electron chi connectivity index (χ2n) is 4.01. The van der Waals surface area contributed by atoms with Gasteiger partial charge in [-0.2, -0.15) is 0 Å². The third-order valence-corrected chi connectivity index (χ3v) is 3.04. The fraction of sp³-hybridized carbons (Fsp3) is 0.417. The zero-order chi connectivity index (χ0) is 12.3. The zero-order valence-corrected chi connectivity index (χ0v) is 10.9. The van der Waals surface area contributed by atoms with Gasteiger partial charge in [-0.05, 0) is 31.0 Å². The van der Waals surface area contributed by atoms with Crippen LogP contribution in [0.2, 0.25) is 0 Å². The molecule has 1 fully saturated rings. The lowest BCUT2D eigenvalue weighted by atomic mass is 10.2. The van der Waals surface area contributed by atoms with Gasteiger partial charge in [-0.25, -0.2) is 4.79 Å². The standard InChI is InChI=1S/C12H14BrNO3/c13-9-4-8(5-10(14)6-9)12(15)17-7-11-2-1-3-16-11/h4-6,11H,1-3,7,14H2. The number of esters is 1. The Balaban J connectivity index is 1.94. The van der Waals surface area contributed by atoms with Crippen LogP contribution in [0.4, 0.5) is 5.69 Å². The summed E-state index contributed by atoms with van der Waals surface area (Å²) in [5.74, 6) is -0.367. The van der Waals surface area contributed by atoms with Gasteiger partial charge in [-0.1, -0.05) is 15.9 Å². The van der Waals surface area contributed by atoms with E-state index >= 15 is 0 Å². The summed E-state index contributed by atoms with van der Waals surface area (Å²) in [6.45, 7) is 1.07. The van der Waals surface area contributed by atoms with Crippen molar-refractivity contribution in [2.75, 3.05) is 18.9 Å². The Bertz CT molecular complexity index is 396. The fourth-order valence-corrected chi connectivity index (χ4v) is 2.27. The van der Waals surface area contributed by atoms with E-state index in [1.807, 2.05) is 0 Å². The molecule has 5 heteroatoms. The van der Waals surface area contributed by atoms with Crippen molar-refractivity contribution in [1.29, 1.82) is 0 Å². The summed E-state index contributed by atoms with van der Waals surface area (Å²) in [7, 11) is 0. The number of anilines is 1. The molecular weight excluding hydrogens is 286 g/mol. The molecule has 2 rings (SSSR count). The van der Waals surface area contributed by atoms with Gasteiger partial charge in [0.15, 0.2) is 0 Å². The van der Waals surface area contributed by atoms with E-state index in [0.717, 1.165) is 23.9 Å². The van der Waals surface area contributed by atoms with Crippen molar-refractivity contribution in [2.24, 2.45) is 0 Å². The molecule has 0 aliphatic carbocycles. The third-order valence-electron chi connectivity index (χ3n) is 2.58. The lowest BCUT2D eigenvalue weighted by molar-refractivity contribution is 0.0161. The summed E-state index contributed by atoms with van der Waals surface area (Å²) in [5.41, 5.74) is 6.64. The van der Waals surface area contributed by atoms with Crippen molar-refractivity contribution >= 4 is 27.6 Å². The van der Waals surface area contributed by atoms with Crippen LogP contribution in [0, 0.1) is 0 Å². The molecule has 1 saturated heterocycles. The molecule has 1 atom stereocenters. The van der Waals surface area contributed by atoms with E-state index in [1.165, 1.54) is 0 Å². The van der Waals surface area contributed by atoms with Crippen LogP contribution in [-0.2, 0) is 9.47 Å². The zero-order valence-electron chi connectivity index (χ0n) is 9.32. The topological polar surface area (TPSA) is 61.6 Å². The van der Waals surface area contributed by atoms with Crippen LogP contribution in [0.25, 0.3) is 0 Å². The Kier molecular flexibility index (Phi) is 4.02. The predicted molar refractivity (Wildman–Crippen MR) is 67.8 cm³/mol. The van der Waals surface area contributed by atoms with Gasteiger partial charge in [0, 0.05) is 16.8 Å². The van der Waals surface area contributed by atoms with Crippen LogP contribution >= 0.6 is 15.9 Å². The number of carbonyl (C=O) groups excluding carboxylic acids is 1. The summed E-state index contributed by atoms with van der Waals surface area (Å²) >= 11 is 3.29. The van der Waals surface area contributed by atoms with E-state index in [0.29, 0.717) is 17.9 Å². The average molecular weight is 300 g/mol. The monoisotopic (exact) mass is 299 g/mol. The minimum Gasteiger partial charge on any atom is -0.459 e. The molecule has 1 heterocycles. The van der Waals surface area contributed by atoms with Crippen molar-refractivity contribution in [3.05, 3.63) is 28.2 Å². The molecule has 0 spiro atoms. The molecule has 1 unspecified atom stereocenters. The molecule has 1 aromatic carbocycles. The highest BCUT2D eigenvalue weighted by Crippen LogP contribution is 2.18. The van der Waals surface area contributed by atoms with Crippen molar-refractivity contribution < 1.29 is 14.3 Å². The van der Waals surface area contributed by atoms with E-state index in [4.69, 9.17) is 15.2 Å². The molecule has 2 N–H and O–H groups in total. The first-order valence-corrected chi connectivity index (χ1v) is 6.29. The van der Waals surface area contributed by atoms with E-state index in [2.05, 4.69) is 15.9 Å². The number of nitrogens with two attached hydrogens (primary N) is 1. The van der Waals surface area contributed by atoms with Gasteiger partial charge < -0.3 is 15.2 Å². The lowest BCUT2D eigenvalue weighted by Gasteiger charge is -2.10. The maximum absolute atomic E-state index is 11.8. The molecule has 1 aliphatic rings. The Labute approximate surface area is 108 Å². The minimum atomic E-state index is -0.367. The molecule has 92 valence electrons. The Morgan fingerprint density at radius 2 is 2.35 bits per heavy atom. The Hall–Kier alpha value is -1.07. The maximum atomic E-state index is 11.8. The molecular formula is C12H14BrNO3. The van der Waals surface area contributed by atoms with E-state index in [1.54, 1.807) is 18.2 Å². The lowest BCUT2D eigenvalue weighted by Crippen LogP contribution is -2.17. The molecule has 0 aromatic heterocycles. The predicted octanol–water partition coefficient (Wildman–Crippen LogP) is 2.37. The molecule has 4 nitrogen and oxygen atoms in total. The van der Waals surface area contributed by atoms with Crippen molar-refractivity contribution in [2.45, 2.75) is 18.9 Å². The Morgan fingerprint density at radius 3 is 3.00 bits per heavy atom. The van der Waals surface area contributed by atoms with Crippen molar-refractivity contribution in [1.82, 2.24) is 0 Å². The first-order valence-electron chi connectivity index (χ1n) is 5.50. The summed E-state index contributed by atoms with van der Waals surface area (Å²) in [4.78, 5) is 11.8. The van der Waals surface area contributed by atoms with E-state index in [9.17, 15) is 4.79 Å². The molecule has 0 radical (unpaired) electrons. The van der Waals surface area contributed by atoms with Crippen molar-refractivity contribution in [3.63, 3.8) is 0 Å². The molecule has 1 aliphatic heterocycles. The first kappa shape index (κ1) is 12.4. The molecule has 0 saturated carbocycles. The summed E-state index contributed by atoms with van der Waals surface area (Å²) in [6.07, 6.45) is 2.03. The van der Waals surface area contributed by atoms with Crippen LogP contribution in [0.5, 0.6) is 0 Å². The average Bonchev–Trinajstić information content (AvgIpc) is 2.77. The third kappa shape index (κ3) is 3.44. The van der Waals surface area contributed by atoms with Crippen LogP contribution < -0.4 is 5.73 Å². The normalized spacial score (nSPS) is 19.2. The van der Waals surface area contributed by atoms with Crippen LogP contribution in [0.1, 0.15) is 23.2 Å². The van der Waals surface area contributed by atoms with Gasteiger partial charge >= 0.3 is 5.97 Å². The summed E-state index contributed by atoms with van der Waals surface area (Å²) < 4.78 is 11.3. The number of hydrogen-bond donors (Lipinski definition) is 1. The molecule has 17 heavy (non-hydrogen) atoms. The first-order chi connectivity index (χ1) is 8.15. The second kappa shape index (κ2) is 5.51. The number of benzene rings is 1. The van der Waals surface area contributed by atoms with Gasteiger partial charge in [0.2, 0.25) is 0 Å². The van der Waals surface area contributed by atoms with Gasteiger partial charge in [-0.3, -0.25) is 0 Å². The molecule has 0 bridgehead atoms. The van der Waals surface area contributed by atoms with Gasteiger partial charge in [0.05, 0.1) is 11.7 Å². The number of hydrogen-bond acceptors (Lipinski definition) is 4. The highest BCUT2D eigenvalue weighted by molar-refractivity contribution is 9.10. The number of rotatable bonds is 3. The SMILES string of the molecule is Nc1cc(Br)cc(C(=O)OCC2CCCO2)c1. The van der Waals surface area contributed by atoms with Gasteiger partial charge in [-0.15, -0.1) is 0 Å². The summed E-state index contributed by atoms with van der Waals surface area (Å²) in [6, 6.07) is 5.02. The van der Waals surface area contributed by atoms with Crippen LogP contribution in [-0.4, -0.2) is 25.3 Å². The molecule has 0 amide bonds. The maximum Gasteiger partial charge on any atom is 0.338 e. The molecule has 1 aromatic rings. The minimum absolute atomic E-state index is 0.0449. The second-order valence-corrected chi connectivity index (χ2v) is 4.92. The highest BCUT2D eigenvalue weighted by atomic mass is 79.9. The number of carbonyl (C=O) groups is 1. The van der Waals surface area contributed by atoms with Crippen LogP contribution in [0.15, 0.2) is 22.7 Å². The summed E-state index contributed by atoms with van der Waals surface area (Å²) in [5, 5.41) is 0. The highest BCUT2D eigenvalue weighted by Gasteiger charge is 2.18. The quantitative estimate of drug-likeness (QED) is 0.687. The fourth-order valence-electron chi connectivity index (χ4n) is 1.76. The van der Waals surface area contributed by atoms with E-state index < -0.39 is 0 Å². The van der Waals surface area contributed by atoms with Crippen molar-refractivity contribution in [3.8, 4) is 0 Å². The number of ether oxygens (including phenoxy) is 2. The number of halogens is 1. The Morgan fingerprint density at radius 1 is 1.53 bits per heavy atom. The smallest absolute Gasteiger partial charge is 0.338 e. The van der Waals surface area contributed by atoms with E-state index in [-0.39, 0.29) is 12.1 Å². The van der Waals surface area contributed by atoms with Crippen LogP contribution in [0.3, 0.4) is 0 Å². The number of nitrogen functional groups attached to an aromatic ring is 1.